The Labute approximate surface area is 105 Å². The van der Waals surface area contributed by atoms with Crippen molar-refractivity contribution in [3.63, 3.8) is 0 Å². The van der Waals surface area contributed by atoms with Crippen molar-refractivity contribution in [2.45, 2.75) is 32.6 Å². The largest absolute Gasteiger partial charge is 0.440 e. The maximum atomic E-state index is 11.7. The molecule has 1 heterocycles. The maximum Gasteiger partial charge on any atom is 0.227 e. The summed E-state index contributed by atoms with van der Waals surface area (Å²) >= 11 is 0. The molecule has 2 aromatic rings. The van der Waals surface area contributed by atoms with Crippen LogP contribution in [0.25, 0.3) is 11.1 Å². The summed E-state index contributed by atoms with van der Waals surface area (Å²) < 4.78 is 5.67. The van der Waals surface area contributed by atoms with Gasteiger partial charge >= 0.3 is 0 Å². The second kappa shape index (κ2) is 4.12. The third kappa shape index (κ3) is 2.10. The van der Waals surface area contributed by atoms with Crippen LogP contribution in [0.2, 0.25) is 0 Å². The molecule has 0 atom stereocenters. The van der Waals surface area contributed by atoms with Gasteiger partial charge in [-0.3, -0.25) is 4.79 Å². The van der Waals surface area contributed by atoms with Crippen LogP contribution in [0.4, 0.5) is 5.69 Å². The Balaban J connectivity index is 1.87. The molecule has 1 aliphatic carbocycles. The second-order valence-corrected chi connectivity index (χ2v) is 5.15. The molecule has 1 fully saturated rings. The number of hydrogen-bond acceptors (Lipinski definition) is 3. The number of hydrogen-bond donors (Lipinski definition) is 1. The van der Waals surface area contributed by atoms with Gasteiger partial charge in [-0.25, -0.2) is 4.98 Å². The fraction of sp³-hybridized carbons (Fsp3) is 0.429. The van der Waals surface area contributed by atoms with Crippen LogP contribution in [0.1, 0.15) is 38.5 Å². The van der Waals surface area contributed by atoms with Crippen LogP contribution < -0.4 is 5.32 Å². The lowest BCUT2D eigenvalue weighted by Crippen LogP contribution is -2.12. The second-order valence-electron chi connectivity index (χ2n) is 5.15. The molecular formula is C14H16N2O2. The number of carbonyl (C=O) groups excluding carboxylic acids is 1. The van der Waals surface area contributed by atoms with Gasteiger partial charge in [0.2, 0.25) is 5.91 Å². The molecule has 94 valence electrons. The summed E-state index contributed by atoms with van der Waals surface area (Å²) in [6, 6.07) is 5.59. The number of benzene rings is 1. The molecular weight excluding hydrogens is 228 g/mol. The van der Waals surface area contributed by atoms with Crippen molar-refractivity contribution < 1.29 is 9.21 Å². The van der Waals surface area contributed by atoms with Crippen molar-refractivity contribution in [1.29, 1.82) is 0 Å². The monoisotopic (exact) mass is 244 g/mol. The van der Waals surface area contributed by atoms with Crippen molar-refractivity contribution in [2.24, 2.45) is 5.92 Å². The molecule has 1 aliphatic rings. The predicted molar refractivity (Wildman–Crippen MR) is 69.5 cm³/mol. The van der Waals surface area contributed by atoms with Crippen LogP contribution in [0.15, 0.2) is 22.6 Å². The first kappa shape index (κ1) is 11.3. The molecule has 1 amide bonds. The summed E-state index contributed by atoms with van der Waals surface area (Å²) in [7, 11) is 0. The number of nitrogens with zero attached hydrogens (tertiary/aromatic N) is 1. The van der Waals surface area contributed by atoms with Crippen molar-refractivity contribution in [1.82, 2.24) is 4.98 Å². The molecule has 0 spiro atoms. The van der Waals surface area contributed by atoms with Crippen LogP contribution in [-0.2, 0) is 4.79 Å². The number of fused-ring (bicyclic) bond motifs is 1. The van der Waals surface area contributed by atoms with Gasteiger partial charge in [-0.05, 0) is 25.0 Å². The number of aromatic nitrogens is 1. The molecule has 0 aliphatic heterocycles. The highest BCUT2D eigenvalue weighted by Gasteiger charge is 2.29. The van der Waals surface area contributed by atoms with E-state index in [1.54, 1.807) is 0 Å². The molecule has 0 saturated heterocycles. The Morgan fingerprint density at radius 3 is 2.89 bits per heavy atom. The Morgan fingerprint density at radius 1 is 1.44 bits per heavy atom. The van der Waals surface area contributed by atoms with Gasteiger partial charge in [0.05, 0.1) is 0 Å². The third-order valence-electron chi connectivity index (χ3n) is 3.11. The maximum absolute atomic E-state index is 11.7. The van der Waals surface area contributed by atoms with E-state index >= 15 is 0 Å². The number of carbonyl (C=O) groups is 1. The summed E-state index contributed by atoms with van der Waals surface area (Å²) in [5.41, 5.74) is 2.35. The topological polar surface area (TPSA) is 55.1 Å². The van der Waals surface area contributed by atoms with E-state index in [-0.39, 0.29) is 17.7 Å². The van der Waals surface area contributed by atoms with Gasteiger partial charge in [0.25, 0.3) is 0 Å². The van der Waals surface area contributed by atoms with Crippen molar-refractivity contribution in [3.05, 3.63) is 24.1 Å². The van der Waals surface area contributed by atoms with E-state index in [1.807, 2.05) is 32.0 Å². The van der Waals surface area contributed by atoms with E-state index in [9.17, 15) is 4.79 Å². The van der Waals surface area contributed by atoms with Crippen LogP contribution >= 0.6 is 0 Å². The lowest BCUT2D eigenvalue weighted by molar-refractivity contribution is -0.117. The highest BCUT2D eigenvalue weighted by Crippen LogP contribution is 2.31. The molecule has 1 aromatic carbocycles. The van der Waals surface area contributed by atoms with E-state index in [2.05, 4.69) is 10.3 Å². The highest BCUT2D eigenvalue weighted by molar-refractivity contribution is 5.95. The summed E-state index contributed by atoms with van der Waals surface area (Å²) in [6.45, 7) is 4.08. The molecule has 0 bridgehead atoms. The van der Waals surface area contributed by atoms with Gasteiger partial charge < -0.3 is 9.73 Å². The van der Waals surface area contributed by atoms with E-state index in [0.29, 0.717) is 0 Å². The highest BCUT2D eigenvalue weighted by atomic mass is 16.3. The van der Waals surface area contributed by atoms with Gasteiger partial charge in [0, 0.05) is 23.6 Å². The standard InChI is InChI=1S/C14H16N2O2/c1-8(2)14-16-11-6-5-10(7-12(11)18-14)15-13(17)9-3-4-9/h5-9H,3-4H2,1-2H3,(H,15,17). The first-order valence-electron chi connectivity index (χ1n) is 6.35. The number of amides is 1. The number of rotatable bonds is 3. The molecule has 3 rings (SSSR count). The smallest absolute Gasteiger partial charge is 0.227 e. The summed E-state index contributed by atoms with van der Waals surface area (Å²) in [6.07, 6.45) is 2.02. The minimum atomic E-state index is 0.109. The molecule has 4 heteroatoms. The van der Waals surface area contributed by atoms with E-state index < -0.39 is 0 Å². The lowest BCUT2D eigenvalue weighted by Gasteiger charge is -2.02. The summed E-state index contributed by atoms with van der Waals surface area (Å²) in [5.74, 6) is 1.32. The fourth-order valence-electron chi connectivity index (χ4n) is 1.86. The molecule has 1 aromatic heterocycles. The Bertz CT molecular complexity index is 597. The minimum absolute atomic E-state index is 0.109. The first-order chi connectivity index (χ1) is 8.63. The zero-order valence-electron chi connectivity index (χ0n) is 10.6. The molecule has 1 N–H and O–H groups in total. The van der Waals surface area contributed by atoms with Crippen LogP contribution in [-0.4, -0.2) is 10.9 Å². The number of oxazole rings is 1. The average Bonchev–Trinajstić information content (AvgIpc) is 3.09. The lowest BCUT2D eigenvalue weighted by atomic mass is 10.2. The number of anilines is 1. The van der Waals surface area contributed by atoms with Crippen LogP contribution in [0, 0.1) is 5.92 Å². The van der Waals surface area contributed by atoms with E-state index in [4.69, 9.17) is 4.42 Å². The SMILES string of the molecule is CC(C)c1nc2ccc(NC(=O)C3CC3)cc2o1. The van der Waals surface area contributed by atoms with Crippen LogP contribution in [0.5, 0.6) is 0 Å². The minimum Gasteiger partial charge on any atom is -0.440 e. The number of nitrogens with one attached hydrogen (secondary N) is 1. The van der Waals surface area contributed by atoms with E-state index in [1.165, 1.54) is 0 Å². The third-order valence-corrected chi connectivity index (χ3v) is 3.11. The Morgan fingerprint density at radius 2 is 2.22 bits per heavy atom. The average molecular weight is 244 g/mol. The van der Waals surface area contributed by atoms with Crippen molar-refractivity contribution in [3.8, 4) is 0 Å². The van der Waals surface area contributed by atoms with Crippen LogP contribution in [0.3, 0.4) is 0 Å². The van der Waals surface area contributed by atoms with E-state index in [0.717, 1.165) is 35.5 Å². The molecule has 4 nitrogen and oxygen atoms in total. The van der Waals surface area contributed by atoms with Gasteiger partial charge in [0.15, 0.2) is 11.5 Å². The zero-order chi connectivity index (χ0) is 12.7. The van der Waals surface area contributed by atoms with Crippen molar-refractivity contribution >= 4 is 22.7 Å². The quantitative estimate of drug-likeness (QED) is 0.901. The normalized spacial score (nSPS) is 15.3. The Kier molecular flexibility index (Phi) is 2.58. The zero-order valence-corrected chi connectivity index (χ0v) is 10.6. The van der Waals surface area contributed by atoms with Gasteiger partial charge in [-0.1, -0.05) is 13.8 Å². The fourth-order valence-corrected chi connectivity index (χ4v) is 1.86. The summed E-state index contributed by atoms with van der Waals surface area (Å²) in [4.78, 5) is 16.1. The Hall–Kier alpha value is -1.84. The molecule has 0 unspecified atom stereocenters. The van der Waals surface area contributed by atoms with Gasteiger partial charge in [0.1, 0.15) is 5.52 Å². The summed E-state index contributed by atoms with van der Waals surface area (Å²) in [5, 5.41) is 2.91. The molecule has 0 radical (unpaired) electrons. The van der Waals surface area contributed by atoms with Crippen molar-refractivity contribution in [2.75, 3.05) is 5.32 Å². The first-order valence-corrected chi connectivity index (χ1v) is 6.35. The molecule has 18 heavy (non-hydrogen) atoms. The molecule has 1 saturated carbocycles. The van der Waals surface area contributed by atoms with Gasteiger partial charge in [-0.15, -0.1) is 0 Å². The predicted octanol–water partition coefficient (Wildman–Crippen LogP) is 3.30. The van der Waals surface area contributed by atoms with Gasteiger partial charge in [-0.2, -0.15) is 0 Å².